The zero-order chi connectivity index (χ0) is 24.5. The average molecular weight is 478 g/mol. The van der Waals surface area contributed by atoms with Gasteiger partial charge in [0.25, 0.3) is 5.91 Å². The third-order valence-corrected chi connectivity index (χ3v) is 6.59. The van der Waals surface area contributed by atoms with E-state index >= 15 is 0 Å². The first-order valence-corrected chi connectivity index (χ1v) is 11.8. The SMILES string of the molecule is COc1ccccc1C(=O)NCC1(c2ccccc2)CCN(C(=NCC2OCCO2)NC#N)CC1. The molecule has 0 radical (unpaired) electrons. The summed E-state index contributed by atoms with van der Waals surface area (Å²) in [7, 11) is 1.56. The predicted octanol–water partition coefficient (Wildman–Crippen LogP) is 2.26. The third kappa shape index (κ3) is 5.91. The van der Waals surface area contributed by atoms with Gasteiger partial charge in [-0.3, -0.25) is 10.1 Å². The second kappa shape index (κ2) is 11.7. The molecule has 2 aliphatic heterocycles. The first-order chi connectivity index (χ1) is 17.1. The monoisotopic (exact) mass is 477 g/mol. The summed E-state index contributed by atoms with van der Waals surface area (Å²) in [5, 5.41) is 15.1. The van der Waals surface area contributed by atoms with Crippen LogP contribution in [0.25, 0.3) is 0 Å². The number of aliphatic imine (C=N–C) groups is 1. The number of carbonyl (C=O) groups is 1. The molecule has 0 saturated carbocycles. The van der Waals surface area contributed by atoms with Gasteiger partial charge in [-0.25, -0.2) is 4.99 Å². The number of benzene rings is 2. The number of hydrogen-bond donors (Lipinski definition) is 2. The maximum absolute atomic E-state index is 13.0. The van der Waals surface area contributed by atoms with Crippen LogP contribution in [0.5, 0.6) is 5.75 Å². The maximum atomic E-state index is 13.0. The Morgan fingerprint density at radius 2 is 1.83 bits per heavy atom. The van der Waals surface area contributed by atoms with Gasteiger partial charge in [-0.2, -0.15) is 5.26 Å². The molecule has 1 amide bonds. The van der Waals surface area contributed by atoms with E-state index in [9.17, 15) is 10.1 Å². The minimum atomic E-state index is -0.371. The molecule has 0 bridgehead atoms. The van der Waals surface area contributed by atoms with Crippen LogP contribution in [0.15, 0.2) is 59.6 Å². The molecule has 2 aliphatic rings. The fourth-order valence-corrected chi connectivity index (χ4v) is 4.62. The number of guanidine groups is 1. The van der Waals surface area contributed by atoms with Crippen molar-refractivity contribution >= 4 is 11.9 Å². The van der Waals surface area contributed by atoms with E-state index in [4.69, 9.17) is 14.2 Å². The van der Waals surface area contributed by atoms with E-state index in [0.717, 1.165) is 12.8 Å². The lowest BCUT2D eigenvalue weighted by Crippen LogP contribution is -2.52. The van der Waals surface area contributed by atoms with Crippen molar-refractivity contribution < 1.29 is 19.0 Å². The molecule has 2 heterocycles. The molecule has 9 nitrogen and oxygen atoms in total. The van der Waals surface area contributed by atoms with E-state index in [1.54, 1.807) is 19.2 Å². The van der Waals surface area contributed by atoms with E-state index in [1.807, 2.05) is 36.5 Å². The molecular weight excluding hydrogens is 446 g/mol. The number of hydrogen-bond acceptors (Lipinski definition) is 6. The third-order valence-electron chi connectivity index (χ3n) is 6.59. The molecule has 0 aromatic heterocycles. The number of nitriles is 1. The van der Waals surface area contributed by atoms with E-state index in [1.165, 1.54) is 5.56 Å². The van der Waals surface area contributed by atoms with Crippen molar-refractivity contribution in [1.29, 1.82) is 5.26 Å². The fourth-order valence-electron chi connectivity index (χ4n) is 4.62. The number of likely N-dealkylation sites (tertiary alicyclic amines) is 1. The molecule has 2 N–H and O–H groups in total. The van der Waals surface area contributed by atoms with Crippen LogP contribution in [0.1, 0.15) is 28.8 Å². The largest absolute Gasteiger partial charge is 0.496 e. The number of methoxy groups -OCH3 is 1. The number of nitrogens with zero attached hydrogens (tertiary/aromatic N) is 3. The molecule has 2 fully saturated rings. The Balaban J connectivity index is 1.47. The summed E-state index contributed by atoms with van der Waals surface area (Å²) in [6.07, 6.45) is 3.18. The van der Waals surface area contributed by atoms with Crippen molar-refractivity contribution in [1.82, 2.24) is 15.5 Å². The Bertz CT molecular complexity index is 1050. The summed E-state index contributed by atoms with van der Waals surface area (Å²) >= 11 is 0. The molecular formula is C26H31N5O4. The van der Waals surface area contributed by atoms with Crippen molar-refractivity contribution in [3.63, 3.8) is 0 Å². The molecule has 35 heavy (non-hydrogen) atoms. The molecule has 0 spiro atoms. The Labute approximate surface area is 205 Å². The number of amides is 1. The van der Waals surface area contributed by atoms with Gasteiger partial charge in [0.15, 0.2) is 12.5 Å². The molecule has 2 aromatic carbocycles. The first kappa shape index (κ1) is 24.5. The normalized spacial score (nSPS) is 18.1. The van der Waals surface area contributed by atoms with Crippen molar-refractivity contribution in [2.45, 2.75) is 24.5 Å². The lowest BCUT2D eigenvalue weighted by atomic mass is 9.72. The first-order valence-electron chi connectivity index (χ1n) is 11.8. The highest BCUT2D eigenvalue weighted by atomic mass is 16.7. The van der Waals surface area contributed by atoms with Crippen LogP contribution in [0.3, 0.4) is 0 Å². The predicted molar refractivity (Wildman–Crippen MR) is 131 cm³/mol. The second-order valence-corrected chi connectivity index (χ2v) is 8.59. The van der Waals surface area contributed by atoms with Crippen molar-refractivity contribution in [3.8, 4) is 11.9 Å². The number of carbonyl (C=O) groups excluding carboxylic acids is 1. The Morgan fingerprint density at radius 3 is 2.51 bits per heavy atom. The summed E-state index contributed by atoms with van der Waals surface area (Å²) in [5.41, 5.74) is 1.45. The van der Waals surface area contributed by atoms with E-state index in [0.29, 0.717) is 56.7 Å². The zero-order valence-corrected chi connectivity index (χ0v) is 19.9. The fraction of sp³-hybridized carbons (Fsp3) is 0.423. The van der Waals surface area contributed by atoms with Gasteiger partial charge in [0.05, 0.1) is 32.4 Å². The highest BCUT2D eigenvalue weighted by Gasteiger charge is 2.37. The van der Waals surface area contributed by atoms with Gasteiger partial charge in [0.2, 0.25) is 5.96 Å². The van der Waals surface area contributed by atoms with Crippen LogP contribution < -0.4 is 15.4 Å². The standard InChI is InChI=1S/C26H31N5O4/c1-33-22-10-6-5-9-21(22)24(32)29-18-26(20-7-3-2-4-8-20)11-13-31(14-12-26)25(30-19-27)28-17-23-34-15-16-35-23/h2-10,23H,11-18H2,1H3,(H,28,30)(H,29,32). The molecule has 9 heteroatoms. The Hall–Kier alpha value is -3.61. The van der Waals surface area contributed by atoms with Crippen LogP contribution in [0.2, 0.25) is 0 Å². The Morgan fingerprint density at radius 1 is 1.14 bits per heavy atom. The molecule has 2 aromatic rings. The highest BCUT2D eigenvalue weighted by molar-refractivity contribution is 5.97. The van der Waals surface area contributed by atoms with Gasteiger partial charge < -0.3 is 24.4 Å². The van der Waals surface area contributed by atoms with Crippen LogP contribution in [0, 0.1) is 11.5 Å². The topological polar surface area (TPSA) is 108 Å². The number of rotatable bonds is 7. The summed E-state index contributed by atoms with van der Waals surface area (Å²) in [6, 6.07) is 17.5. The molecule has 0 atom stereocenters. The second-order valence-electron chi connectivity index (χ2n) is 8.59. The van der Waals surface area contributed by atoms with Gasteiger partial charge in [0.1, 0.15) is 5.75 Å². The maximum Gasteiger partial charge on any atom is 0.255 e. The van der Waals surface area contributed by atoms with E-state index in [2.05, 4.69) is 32.7 Å². The van der Waals surface area contributed by atoms with Crippen LogP contribution in [0.4, 0.5) is 0 Å². The Kier molecular flexibility index (Phi) is 8.19. The lowest BCUT2D eigenvalue weighted by Gasteiger charge is -2.43. The minimum absolute atomic E-state index is 0.162. The van der Waals surface area contributed by atoms with E-state index < -0.39 is 0 Å². The van der Waals surface area contributed by atoms with Gasteiger partial charge in [-0.05, 0) is 30.5 Å². The number of nitrogens with one attached hydrogen (secondary N) is 2. The smallest absolute Gasteiger partial charge is 0.255 e. The van der Waals surface area contributed by atoms with Gasteiger partial charge in [-0.15, -0.1) is 0 Å². The molecule has 2 saturated heterocycles. The molecule has 0 unspecified atom stereocenters. The zero-order valence-electron chi connectivity index (χ0n) is 19.9. The minimum Gasteiger partial charge on any atom is -0.496 e. The average Bonchev–Trinajstić information content (AvgIpc) is 3.44. The summed E-state index contributed by atoms with van der Waals surface area (Å²) < 4.78 is 16.3. The number of piperidine rings is 1. The number of para-hydroxylation sites is 1. The molecule has 0 aliphatic carbocycles. The summed E-state index contributed by atoms with van der Waals surface area (Å²) in [5.74, 6) is 0.906. The van der Waals surface area contributed by atoms with E-state index in [-0.39, 0.29) is 17.6 Å². The van der Waals surface area contributed by atoms with Crippen LogP contribution in [-0.2, 0) is 14.9 Å². The van der Waals surface area contributed by atoms with Gasteiger partial charge in [0, 0.05) is 25.0 Å². The van der Waals surface area contributed by atoms with Gasteiger partial charge >= 0.3 is 0 Å². The molecule has 184 valence electrons. The van der Waals surface area contributed by atoms with Crippen molar-refractivity contribution in [3.05, 3.63) is 65.7 Å². The lowest BCUT2D eigenvalue weighted by molar-refractivity contribution is -0.0328. The van der Waals surface area contributed by atoms with Crippen LogP contribution in [-0.4, -0.2) is 69.6 Å². The summed E-state index contributed by atoms with van der Waals surface area (Å²) in [6.45, 7) is 3.30. The quantitative estimate of drug-likeness (QED) is 0.273. The van der Waals surface area contributed by atoms with Crippen molar-refractivity contribution in [2.75, 3.05) is 46.5 Å². The highest BCUT2D eigenvalue weighted by Crippen LogP contribution is 2.35. The van der Waals surface area contributed by atoms with Crippen LogP contribution >= 0.6 is 0 Å². The molecule has 4 rings (SSSR count). The van der Waals surface area contributed by atoms with Crippen molar-refractivity contribution in [2.24, 2.45) is 4.99 Å². The van der Waals surface area contributed by atoms with Gasteiger partial charge in [-0.1, -0.05) is 42.5 Å². The number of ether oxygens (including phenoxy) is 3. The summed E-state index contributed by atoms with van der Waals surface area (Å²) in [4.78, 5) is 19.6.